The van der Waals surface area contributed by atoms with E-state index in [0.29, 0.717) is 11.1 Å². The van der Waals surface area contributed by atoms with Gasteiger partial charge in [0.25, 0.3) is 5.91 Å². The molecule has 1 atom stereocenters. The van der Waals surface area contributed by atoms with Crippen molar-refractivity contribution in [1.29, 1.82) is 5.26 Å². The maximum Gasteiger partial charge on any atom is 0.251 e. The van der Waals surface area contributed by atoms with Gasteiger partial charge in [-0.05, 0) is 48.4 Å². The van der Waals surface area contributed by atoms with E-state index in [0.717, 1.165) is 22.6 Å². The van der Waals surface area contributed by atoms with Crippen LogP contribution in [0.2, 0.25) is 0 Å². The Labute approximate surface area is 132 Å². The Morgan fingerprint density at radius 2 is 2.18 bits per heavy atom. The molecule has 1 aliphatic rings. The minimum absolute atomic E-state index is 0.204. The Balaban J connectivity index is 1.84. The summed E-state index contributed by atoms with van der Waals surface area (Å²) in [6, 6.07) is 13.0. The molecule has 1 amide bonds. The smallest absolute Gasteiger partial charge is 0.251 e. The molecule has 1 heterocycles. The summed E-state index contributed by atoms with van der Waals surface area (Å²) in [4.78, 5) is 13.4. The van der Waals surface area contributed by atoms with Gasteiger partial charge in [0, 0.05) is 16.2 Å². The highest BCUT2D eigenvalue weighted by Crippen LogP contribution is 2.36. The SMILES string of the molecule is N#Cc1cccc(C(=O)NC2CCSc3ccc(F)cc32)c1. The number of nitrogens with one attached hydrogen (secondary N) is 1. The lowest BCUT2D eigenvalue weighted by atomic mass is 10.0. The number of carbonyl (C=O) groups is 1. The molecule has 1 N–H and O–H groups in total. The van der Waals surface area contributed by atoms with Gasteiger partial charge in [0.15, 0.2) is 0 Å². The Bertz CT molecular complexity index is 769. The number of rotatable bonds is 2. The highest BCUT2D eigenvalue weighted by Gasteiger charge is 2.23. The molecule has 2 aromatic carbocycles. The quantitative estimate of drug-likeness (QED) is 0.920. The summed E-state index contributed by atoms with van der Waals surface area (Å²) in [5.41, 5.74) is 1.70. The number of nitriles is 1. The van der Waals surface area contributed by atoms with E-state index < -0.39 is 0 Å². The van der Waals surface area contributed by atoms with Gasteiger partial charge in [0.05, 0.1) is 17.7 Å². The van der Waals surface area contributed by atoms with Gasteiger partial charge in [-0.25, -0.2) is 4.39 Å². The lowest BCUT2D eigenvalue weighted by molar-refractivity contribution is 0.0935. The Kier molecular flexibility index (Phi) is 4.12. The third kappa shape index (κ3) is 2.97. The summed E-state index contributed by atoms with van der Waals surface area (Å²) >= 11 is 1.67. The standard InChI is InChI=1S/C17H13FN2OS/c18-13-4-5-16-14(9-13)15(6-7-22-16)20-17(21)12-3-1-2-11(8-12)10-19/h1-5,8-9,15H,6-7H2,(H,20,21). The molecule has 3 nitrogen and oxygen atoms in total. The maximum absolute atomic E-state index is 13.5. The van der Waals surface area contributed by atoms with Gasteiger partial charge in [0.2, 0.25) is 0 Å². The molecule has 0 saturated heterocycles. The molecule has 2 aromatic rings. The first-order chi connectivity index (χ1) is 10.7. The number of halogens is 1. The third-order valence-electron chi connectivity index (χ3n) is 3.57. The minimum atomic E-state index is -0.299. The summed E-state index contributed by atoms with van der Waals surface area (Å²) in [6.07, 6.45) is 0.755. The predicted molar refractivity (Wildman–Crippen MR) is 83.1 cm³/mol. The average Bonchev–Trinajstić information content (AvgIpc) is 2.55. The van der Waals surface area contributed by atoms with E-state index in [2.05, 4.69) is 5.32 Å². The molecule has 0 aromatic heterocycles. The zero-order chi connectivity index (χ0) is 15.5. The van der Waals surface area contributed by atoms with Crippen molar-refractivity contribution in [3.8, 4) is 6.07 Å². The summed E-state index contributed by atoms with van der Waals surface area (Å²) in [5.74, 6) is 0.332. The van der Waals surface area contributed by atoms with Crippen molar-refractivity contribution in [3.05, 3.63) is 65.0 Å². The Hall–Kier alpha value is -2.32. The number of hydrogen-bond acceptors (Lipinski definition) is 3. The molecule has 0 fully saturated rings. The van der Waals surface area contributed by atoms with E-state index >= 15 is 0 Å². The topological polar surface area (TPSA) is 52.9 Å². The second-order valence-electron chi connectivity index (χ2n) is 5.04. The number of hydrogen-bond donors (Lipinski definition) is 1. The van der Waals surface area contributed by atoms with Crippen LogP contribution < -0.4 is 5.32 Å². The van der Waals surface area contributed by atoms with E-state index in [9.17, 15) is 9.18 Å². The van der Waals surface area contributed by atoms with Crippen LogP contribution in [0.25, 0.3) is 0 Å². The van der Waals surface area contributed by atoms with Crippen LogP contribution in [0.5, 0.6) is 0 Å². The van der Waals surface area contributed by atoms with E-state index in [1.54, 1.807) is 42.1 Å². The molecular weight excluding hydrogens is 299 g/mol. The molecule has 0 bridgehead atoms. The lowest BCUT2D eigenvalue weighted by Gasteiger charge is -2.26. The first-order valence-electron chi connectivity index (χ1n) is 6.90. The lowest BCUT2D eigenvalue weighted by Crippen LogP contribution is -2.30. The molecule has 110 valence electrons. The molecule has 1 unspecified atom stereocenters. The van der Waals surface area contributed by atoms with Gasteiger partial charge in [-0.3, -0.25) is 4.79 Å². The summed E-state index contributed by atoms with van der Waals surface area (Å²) in [6.45, 7) is 0. The molecule has 0 aliphatic carbocycles. The monoisotopic (exact) mass is 312 g/mol. The molecule has 3 rings (SSSR count). The highest BCUT2D eigenvalue weighted by atomic mass is 32.2. The fraction of sp³-hybridized carbons (Fsp3) is 0.176. The van der Waals surface area contributed by atoms with Crippen LogP contribution in [0.15, 0.2) is 47.4 Å². The molecule has 22 heavy (non-hydrogen) atoms. The van der Waals surface area contributed by atoms with Crippen molar-refractivity contribution >= 4 is 17.7 Å². The first-order valence-corrected chi connectivity index (χ1v) is 7.89. The van der Waals surface area contributed by atoms with Crippen LogP contribution in [0, 0.1) is 17.1 Å². The first kappa shape index (κ1) is 14.6. The van der Waals surface area contributed by atoms with Crippen molar-refractivity contribution in [3.63, 3.8) is 0 Å². The van der Waals surface area contributed by atoms with Crippen LogP contribution in [-0.4, -0.2) is 11.7 Å². The maximum atomic E-state index is 13.5. The van der Waals surface area contributed by atoms with Crippen LogP contribution in [-0.2, 0) is 0 Å². The second kappa shape index (κ2) is 6.20. The summed E-state index contributed by atoms with van der Waals surface area (Å²) in [5, 5.41) is 11.8. The van der Waals surface area contributed by atoms with Crippen LogP contribution in [0.1, 0.15) is 33.9 Å². The van der Waals surface area contributed by atoms with Crippen LogP contribution in [0.4, 0.5) is 4.39 Å². The number of thioether (sulfide) groups is 1. The van der Waals surface area contributed by atoms with Crippen molar-refractivity contribution < 1.29 is 9.18 Å². The van der Waals surface area contributed by atoms with Gasteiger partial charge in [-0.1, -0.05) is 6.07 Å². The van der Waals surface area contributed by atoms with Gasteiger partial charge in [-0.2, -0.15) is 5.26 Å². The van der Waals surface area contributed by atoms with Gasteiger partial charge >= 0.3 is 0 Å². The number of benzene rings is 2. The molecule has 5 heteroatoms. The number of fused-ring (bicyclic) bond motifs is 1. The fourth-order valence-electron chi connectivity index (χ4n) is 2.49. The van der Waals surface area contributed by atoms with Crippen molar-refractivity contribution in [2.45, 2.75) is 17.4 Å². The number of nitrogens with zero attached hydrogens (tertiary/aromatic N) is 1. The zero-order valence-electron chi connectivity index (χ0n) is 11.7. The third-order valence-corrected chi connectivity index (χ3v) is 4.69. The molecule has 0 saturated carbocycles. The number of amides is 1. The average molecular weight is 312 g/mol. The minimum Gasteiger partial charge on any atom is -0.345 e. The predicted octanol–water partition coefficient (Wildman–Crippen LogP) is 3.66. The largest absolute Gasteiger partial charge is 0.345 e. The highest BCUT2D eigenvalue weighted by molar-refractivity contribution is 7.99. The van der Waals surface area contributed by atoms with Crippen molar-refractivity contribution in [1.82, 2.24) is 5.32 Å². The second-order valence-corrected chi connectivity index (χ2v) is 6.17. The molecule has 0 radical (unpaired) electrons. The van der Waals surface area contributed by atoms with Gasteiger partial charge < -0.3 is 5.32 Å². The normalized spacial score (nSPS) is 16.5. The van der Waals surface area contributed by atoms with Crippen molar-refractivity contribution in [2.75, 3.05) is 5.75 Å². The van der Waals surface area contributed by atoms with Crippen molar-refractivity contribution in [2.24, 2.45) is 0 Å². The van der Waals surface area contributed by atoms with E-state index in [-0.39, 0.29) is 17.8 Å². The van der Waals surface area contributed by atoms with Gasteiger partial charge in [-0.15, -0.1) is 11.8 Å². The van der Waals surface area contributed by atoms with E-state index in [1.165, 1.54) is 12.1 Å². The summed E-state index contributed by atoms with van der Waals surface area (Å²) in [7, 11) is 0. The fourth-order valence-corrected chi connectivity index (χ4v) is 3.59. The summed E-state index contributed by atoms with van der Waals surface area (Å²) < 4.78 is 13.5. The van der Waals surface area contributed by atoms with E-state index in [1.807, 2.05) is 6.07 Å². The molecule has 1 aliphatic heterocycles. The van der Waals surface area contributed by atoms with Crippen LogP contribution in [0.3, 0.4) is 0 Å². The zero-order valence-corrected chi connectivity index (χ0v) is 12.5. The Morgan fingerprint density at radius 3 is 3.00 bits per heavy atom. The van der Waals surface area contributed by atoms with Gasteiger partial charge in [0.1, 0.15) is 5.82 Å². The molecule has 0 spiro atoms. The molecular formula is C17H13FN2OS. The Morgan fingerprint density at radius 1 is 1.32 bits per heavy atom. The van der Waals surface area contributed by atoms with Crippen LogP contribution >= 0.6 is 11.8 Å². The van der Waals surface area contributed by atoms with E-state index in [4.69, 9.17) is 5.26 Å². The number of carbonyl (C=O) groups excluding carboxylic acids is 1.